The van der Waals surface area contributed by atoms with Gasteiger partial charge in [-0.15, -0.1) is 0 Å². The molecule has 0 saturated heterocycles. The minimum Gasteiger partial charge on any atom is -0.437 e. The number of aromatic nitrogens is 1. The quantitative estimate of drug-likeness (QED) is 0.839. The van der Waals surface area contributed by atoms with Gasteiger partial charge >= 0.3 is 0 Å². The molecule has 96 valence electrons. The Morgan fingerprint density at radius 2 is 1.79 bits per heavy atom. The number of hydrogen-bond acceptors (Lipinski definition) is 4. The Morgan fingerprint density at radius 1 is 1.11 bits per heavy atom. The zero-order valence-corrected chi connectivity index (χ0v) is 11.6. The summed E-state index contributed by atoms with van der Waals surface area (Å²) in [5, 5.41) is 9.74. The van der Waals surface area contributed by atoms with Crippen molar-refractivity contribution in [1.29, 1.82) is 5.26 Å². The van der Waals surface area contributed by atoms with Crippen molar-refractivity contribution in [2.24, 2.45) is 0 Å². The van der Waals surface area contributed by atoms with Crippen molar-refractivity contribution < 1.29 is 4.74 Å². The highest BCUT2D eigenvalue weighted by Crippen LogP contribution is 2.36. The van der Waals surface area contributed by atoms with E-state index in [1.54, 1.807) is 0 Å². The van der Waals surface area contributed by atoms with Crippen molar-refractivity contribution in [3.05, 3.63) is 45.0 Å². The van der Waals surface area contributed by atoms with Crippen LogP contribution in [0.1, 0.15) is 5.69 Å². The van der Waals surface area contributed by atoms with Crippen LogP contribution in [0.5, 0.6) is 11.6 Å². The molecule has 0 amide bonds. The molecule has 19 heavy (non-hydrogen) atoms. The number of pyridine rings is 1. The molecular formula is C12H6Cl3N3O. The van der Waals surface area contributed by atoms with Crippen LogP contribution in [0.15, 0.2) is 24.3 Å². The number of hydrogen-bond donors (Lipinski definition) is 1. The first kappa shape index (κ1) is 13.8. The number of nitrogens with two attached hydrogens (primary N) is 1. The van der Waals surface area contributed by atoms with Crippen LogP contribution in [0.3, 0.4) is 0 Å². The summed E-state index contributed by atoms with van der Waals surface area (Å²) in [5.74, 6) is 0.475. The zero-order chi connectivity index (χ0) is 14.0. The molecule has 0 radical (unpaired) electrons. The minimum absolute atomic E-state index is 0.0775. The third-order valence-corrected chi connectivity index (χ3v) is 3.21. The summed E-state index contributed by atoms with van der Waals surface area (Å²) in [4.78, 5) is 3.94. The fourth-order valence-electron chi connectivity index (χ4n) is 1.29. The molecule has 7 heteroatoms. The molecule has 0 aliphatic rings. The minimum atomic E-state index is 0.0775. The van der Waals surface area contributed by atoms with Gasteiger partial charge in [0.1, 0.15) is 11.8 Å². The first-order valence-electron chi connectivity index (χ1n) is 5.00. The smallest absolute Gasteiger partial charge is 0.220 e. The number of nitrogens with zero attached hydrogens (tertiary/aromatic N) is 2. The Labute approximate surface area is 124 Å². The maximum Gasteiger partial charge on any atom is 0.220 e. The average molecular weight is 315 g/mol. The second-order valence-electron chi connectivity index (χ2n) is 3.50. The van der Waals surface area contributed by atoms with Gasteiger partial charge in [0.2, 0.25) is 5.88 Å². The highest BCUT2D eigenvalue weighted by atomic mass is 35.5. The summed E-state index contributed by atoms with van der Waals surface area (Å²) in [7, 11) is 0. The summed E-state index contributed by atoms with van der Waals surface area (Å²) in [6.07, 6.45) is 0. The van der Waals surface area contributed by atoms with E-state index in [2.05, 4.69) is 4.98 Å². The van der Waals surface area contributed by atoms with E-state index in [4.69, 9.17) is 50.5 Å². The number of benzene rings is 1. The average Bonchev–Trinajstić information content (AvgIpc) is 2.38. The molecule has 0 fully saturated rings. The first-order chi connectivity index (χ1) is 9.01. The van der Waals surface area contributed by atoms with E-state index in [9.17, 15) is 0 Å². The second-order valence-corrected chi connectivity index (χ2v) is 4.72. The van der Waals surface area contributed by atoms with Gasteiger partial charge in [-0.2, -0.15) is 5.26 Å². The first-order valence-corrected chi connectivity index (χ1v) is 6.13. The summed E-state index contributed by atoms with van der Waals surface area (Å²) < 4.78 is 5.45. The van der Waals surface area contributed by atoms with Crippen molar-refractivity contribution in [3.8, 4) is 17.7 Å². The lowest BCUT2D eigenvalue weighted by Gasteiger charge is -2.08. The van der Waals surface area contributed by atoms with Gasteiger partial charge < -0.3 is 10.5 Å². The van der Waals surface area contributed by atoms with E-state index in [0.29, 0.717) is 10.0 Å². The van der Waals surface area contributed by atoms with Crippen molar-refractivity contribution in [3.63, 3.8) is 0 Å². The molecule has 1 aromatic heterocycles. The van der Waals surface area contributed by atoms with Crippen molar-refractivity contribution >= 4 is 40.5 Å². The molecule has 0 aliphatic carbocycles. The van der Waals surface area contributed by atoms with E-state index in [1.807, 2.05) is 6.07 Å². The van der Waals surface area contributed by atoms with Gasteiger partial charge in [-0.1, -0.05) is 34.8 Å². The molecule has 0 unspecified atom stereocenters. The monoisotopic (exact) mass is 313 g/mol. The largest absolute Gasteiger partial charge is 0.437 e. The molecule has 2 N–H and O–H groups in total. The topological polar surface area (TPSA) is 71.9 Å². The Bertz CT molecular complexity index is 683. The third-order valence-electron chi connectivity index (χ3n) is 2.20. The predicted octanol–water partition coefficient (Wildman–Crippen LogP) is 4.29. The van der Waals surface area contributed by atoms with Crippen molar-refractivity contribution in [2.45, 2.75) is 0 Å². The van der Waals surface area contributed by atoms with Crippen LogP contribution in [0.25, 0.3) is 0 Å². The number of anilines is 1. The fourth-order valence-corrected chi connectivity index (χ4v) is 1.87. The molecular weight excluding hydrogens is 309 g/mol. The lowest BCUT2D eigenvalue weighted by molar-refractivity contribution is 0.463. The van der Waals surface area contributed by atoms with Crippen molar-refractivity contribution in [2.75, 3.05) is 5.73 Å². The van der Waals surface area contributed by atoms with Crippen LogP contribution in [-0.4, -0.2) is 4.98 Å². The molecule has 2 rings (SSSR count). The van der Waals surface area contributed by atoms with Crippen LogP contribution in [-0.2, 0) is 0 Å². The highest BCUT2D eigenvalue weighted by Gasteiger charge is 2.10. The van der Waals surface area contributed by atoms with Crippen LogP contribution in [0.2, 0.25) is 15.1 Å². The summed E-state index contributed by atoms with van der Waals surface area (Å²) in [6, 6.07) is 7.83. The number of halogens is 3. The normalized spacial score (nSPS) is 10.0. The van der Waals surface area contributed by atoms with Crippen LogP contribution < -0.4 is 10.5 Å². The molecule has 0 spiro atoms. The fraction of sp³-hybridized carbons (Fsp3) is 0. The Hall–Kier alpha value is -1.67. The Kier molecular flexibility index (Phi) is 4.01. The van der Waals surface area contributed by atoms with Gasteiger partial charge in [-0.3, -0.25) is 0 Å². The summed E-state index contributed by atoms with van der Waals surface area (Å²) in [5.41, 5.74) is 5.91. The third kappa shape index (κ3) is 3.02. The van der Waals surface area contributed by atoms with Gasteiger partial charge in [0.25, 0.3) is 0 Å². The molecule has 1 aromatic carbocycles. The standard InChI is InChI=1S/C12H6Cl3N3O/c13-6-3-8(15)11(4-7(6)14)19-12-2-1-9(17)10(5-16)18-12/h1-4H,17H2. The molecule has 2 aromatic rings. The zero-order valence-electron chi connectivity index (χ0n) is 9.32. The molecule has 0 atom stereocenters. The van der Waals surface area contributed by atoms with Gasteiger partial charge in [0, 0.05) is 12.1 Å². The number of nitriles is 1. The maximum atomic E-state index is 8.83. The molecule has 0 saturated carbocycles. The molecule has 0 aliphatic heterocycles. The molecule has 4 nitrogen and oxygen atoms in total. The van der Waals surface area contributed by atoms with Crippen LogP contribution in [0, 0.1) is 11.3 Å². The van der Waals surface area contributed by atoms with Crippen molar-refractivity contribution in [1.82, 2.24) is 4.98 Å². The predicted molar refractivity (Wildman–Crippen MR) is 74.9 cm³/mol. The van der Waals surface area contributed by atoms with E-state index in [1.165, 1.54) is 24.3 Å². The summed E-state index contributed by atoms with van der Waals surface area (Å²) >= 11 is 17.7. The Morgan fingerprint density at radius 3 is 2.47 bits per heavy atom. The van der Waals surface area contributed by atoms with Gasteiger partial charge in [0.05, 0.1) is 20.8 Å². The van der Waals surface area contributed by atoms with Gasteiger partial charge in [0.15, 0.2) is 5.69 Å². The van der Waals surface area contributed by atoms with E-state index < -0.39 is 0 Å². The van der Waals surface area contributed by atoms with E-state index >= 15 is 0 Å². The van der Waals surface area contributed by atoms with Gasteiger partial charge in [-0.25, -0.2) is 4.98 Å². The number of ether oxygens (including phenoxy) is 1. The van der Waals surface area contributed by atoms with Crippen LogP contribution >= 0.6 is 34.8 Å². The second kappa shape index (κ2) is 5.54. The van der Waals surface area contributed by atoms with E-state index in [-0.39, 0.29) is 28.0 Å². The lowest BCUT2D eigenvalue weighted by Crippen LogP contribution is -1.96. The highest BCUT2D eigenvalue weighted by molar-refractivity contribution is 6.43. The maximum absolute atomic E-state index is 8.83. The lowest BCUT2D eigenvalue weighted by atomic mass is 10.3. The Balaban J connectivity index is 2.37. The van der Waals surface area contributed by atoms with Crippen LogP contribution in [0.4, 0.5) is 5.69 Å². The van der Waals surface area contributed by atoms with Gasteiger partial charge in [-0.05, 0) is 12.1 Å². The number of nitrogen functional groups attached to an aromatic ring is 1. The summed E-state index contributed by atoms with van der Waals surface area (Å²) in [6.45, 7) is 0. The number of rotatable bonds is 2. The van der Waals surface area contributed by atoms with E-state index in [0.717, 1.165) is 0 Å². The molecule has 1 heterocycles. The molecule has 0 bridgehead atoms. The SMILES string of the molecule is N#Cc1nc(Oc2cc(Cl)c(Cl)cc2Cl)ccc1N.